The van der Waals surface area contributed by atoms with Crippen LogP contribution < -0.4 is 5.32 Å². The fraction of sp³-hybridized carbons (Fsp3) is 0.370. The second-order valence-electron chi connectivity index (χ2n) is 9.40. The van der Waals surface area contributed by atoms with Gasteiger partial charge in [0.15, 0.2) is 0 Å². The van der Waals surface area contributed by atoms with Crippen LogP contribution in [0.25, 0.3) is 11.1 Å². The minimum Gasteiger partial charge on any atom is -0.481 e. The number of hydrogen-bond acceptors (Lipinski definition) is 4. The van der Waals surface area contributed by atoms with E-state index in [1.54, 1.807) is 24.8 Å². The number of aliphatic carboxylic acids is 1. The van der Waals surface area contributed by atoms with Gasteiger partial charge in [-0.25, -0.2) is 4.79 Å². The third-order valence-corrected chi connectivity index (χ3v) is 7.21. The number of hydrogen-bond donors (Lipinski definition) is 2. The zero-order valence-electron chi connectivity index (χ0n) is 19.7. The predicted octanol–water partition coefficient (Wildman–Crippen LogP) is 4.04. The van der Waals surface area contributed by atoms with E-state index in [1.807, 2.05) is 31.2 Å². The highest BCUT2D eigenvalue weighted by Gasteiger charge is 2.47. The van der Waals surface area contributed by atoms with Crippen molar-refractivity contribution in [3.63, 3.8) is 0 Å². The van der Waals surface area contributed by atoms with Crippen LogP contribution in [0.2, 0.25) is 0 Å². The summed E-state index contributed by atoms with van der Waals surface area (Å²) in [5.74, 6) is -1.27. The molecule has 0 saturated carbocycles. The zero-order chi connectivity index (χ0) is 24.5. The predicted molar refractivity (Wildman–Crippen MR) is 128 cm³/mol. The molecule has 178 valence electrons. The molecule has 2 aliphatic rings. The first-order chi connectivity index (χ1) is 16.2. The summed E-state index contributed by atoms with van der Waals surface area (Å²) in [4.78, 5) is 38.2. The van der Waals surface area contributed by atoms with Crippen LogP contribution in [0, 0.1) is 11.3 Å². The summed E-state index contributed by atoms with van der Waals surface area (Å²) in [7, 11) is 0. The normalized spacial score (nSPS) is 21.7. The summed E-state index contributed by atoms with van der Waals surface area (Å²) in [6, 6.07) is 16.3. The van der Waals surface area contributed by atoms with E-state index >= 15 is 0 Å². The molecule has 0 radical (unpaired) electrons. The number of nitrogens with one attached hydrogen (secondary N) is 1. The van der Waals surface area contributed by atoms with E-state index in [9.17, 15) is 19.5 Å². The Balaban J connectivity index is 1.30. The second-order valence-corrected chi connectivity index (χ2v) is 9.40. The quantitative estimate of drug-likeness (QED) is 0.632. The highest BCUT2D eigenvalue weighted by molar-refractivity contribution is 5.94. The molecule has 2 N–H and O–H groups in total. The van der Waals surface area contributed by atoms with Gasteiger partial charge in [0.2, 0.25) is 5.91 Å². The molecule has 0 bridgehead atoms. The summed E-state index contributed by atoms with van der Waals surface area (Å²) in [5, 5.41) is 12.2. The lowest BCUT2D eigenvalue weighted by Gasteiger charge is -2.22. The van der Waals surface area contributed by atoms with Gasteiger partial charge >= 0.3 is 12.1 Å². The minimum atomic E-state index is -0.949. The molecule has 2 unspecified atom stereocenters. The molecule has 34 heavy (non-hydrogen) atoms. The molecular weight excluding hydrogens is 432 g/mol. The number of ether oxygens (including phenoxy) is 1. The van der Waals surface area contributed by atoms with Gasteiger partial charge in [0.25, 0.3) is 0 Å². The van der Waals surface area contributed by atoms with Crippen LogP contribution in [0.1, 0.15) is 37.8 Å². The number of likely N-dealkylation sites (tertiary alicyclic amines) is 1. The third-order valence-electron chi connectivity index (χ3n) is 7.21. The fourth-order valence-corrected chi connectivity index (χ4v) is 4.86. The Labute approximate surface area is 199 Å². The average Bonchev–Trinajstić information content (AvgIpc) is 3.32. The number of carboxylic acid groups (broad SMARTS) is 1. The maximum atomic E-state index is 12.7. The number of carbonyl (C=O) groups is 3. The highest BCUT2D eigenvalue weighted by Crippen LogP contribution is 2.44. The van der Waals surface area contributed by atoms with E-state index < -0.39 is 17.5 Å². The van der Waals surface area contributed by atoms with Crippen molar-refractivity contribution in [2.45, 2.75) is 26.7 Å². The smallest absolute Gasteiger partial charge is 0.407 e. The van der Waals surface area contributed by atoms with Gasteiger partial charge in [0.05, 0.1) is 5.41 Å². The molecule has 1 aliphatic heterocycles. The molecule has 2 amide bonds. The minimum absolute atomic E-state index is 0.0160. The SMILES string of the molecule is C/C(=C\CNC(=O)OCC1c2ccccc2-c2ccccc21)C(=O)N1CC(C)C(C)(C(=O)O)C1. The molecule has 2 aromatic carbocycles. The van der Waals surface area contributed by atoms with Crippen LogP contribution >= 0.6 is 0 Å². The van der Waals surface area contributed by atoms with Crippen LogP contribution in [0.4, 0.5) is 4.79 Å². The van der Waals surface area contributed by atoms with Crippen molar-refractivity contribution in [2.75, 3.05) is 26.2 Å². The fourth-order valence-electron chi connectivity index (χ4n) is 4.86. The standard InChI is InChI=1S/C27H30N2O5/c1-17(24(30)29-14-18(2)27(3,16-29)25(31)32)12-13-28-26(33)34-15-23-21-10-6-4-8-19(21)20-9-5-7-11-22(20)23/h4-12,18,23H,13-16H2,1-3H3,(H,28,33)(H,31,32)/b17-12+. The monoisotopic (exact) mass is 462 g/mol. The van der Waals surface area contributed by atoms with E-state index in [4.69, 9.17) is 4.74 Å². The molecule has 7 nitrogen and oxygen atoms in total. The van der Waals surface area contributed by atoms with Crippen LogP contribution in [0.3, 0.4) is 0 Å². The van der Waals surface area contributed by atoms with Gasteiger partial charge in [0.1, 0.15) is 6.61 Å². The van der Waals surface area contributed by atoms with Crippen molar-refractivity contribution in [3.05, 3.63) is 71.3 Å². The molecule has 2 aromatic rings. The van der Waals surface area contributed by atoms with Crippen molar-refractivity contribution in [1.82, 2.24) is 10.2 Å². The number of amides is 2. The Morgan fingerprint density at radius 3 is 2.26 bits per heavy atom. The number of benzene rings is 2. The van der Waals surface area contributed by atoms with Gasteiger partial charge in [-0.15, -0.1) is 0 Å². The summed E-state index contributed by atoms with van der Waals surface area (Å²) < 4.78 is 5.51. The lowest BCUT2D eigenvalue weighted by Crippen LogP contribution is -2.36. The van der Waals surface area contributed by atoms with E-state index in [0.717, 1.165) is 11.1 Å². The lowest BCUT2D eigenvalue weighted by atomic mass is 9.81. The van der Waals surface area contributed by atoms with E-state index in [-0.39, 0.29) is 37.4 Å². The largest absolute Gasteiger partial charge is 0.481 e. The van der Waals surface area contributed by atoms with E-state index in [0.29, 0.717) is 12.1 Å². The summed E-state index contributed by atoms with van der Waals surface area (Å²) in [5.41, 5.74) is 4.13. The number of carboxylic acids is 1. The van der Waals surface area contributed by atoms with Crippen LogP contribution in [-0.2, 0) is 14.3 Å². The number of carbonyl (C=O) groups excluding carboxylic acids is 2. The molecule has 1 aliphatic carbocycles. The van der Waals surface area contributed by atoms with E-state index in [2.05, 4.69) is 29.6 Å². The zero-order valence-corrected chi connectivity index (χ0v) is 19.7. The Morgan fingerprint density at radius 1 is 1.12 bits per heavy atom. The maximum absolute atomic E-state index is 12.7. The average molecular weight is 463 g/mol. The lowest BCUT2D eigenvalue weighted by molar-refractivity contribution is -0.149. The highest BCUT2D eigenvalue weighted by atomic mass is 16.5. The molecule has 1 heterocycles. The van der Waals surface area contributed by atoms with Crippen LogP contribution in [0.15, 0.2) is 60.2 Å². The van der Waals surface area contributed by atoms with Gasteiger partial charge in [-0.2, -0.15) is 0 Å². The molecule has 1 fully saturated rings. The molecule has 0 aromatic heterocycles. The Kier molecular flexibility index (Phi) is 6.46. The summed E-state index contributed by atoms with van der Waals surface area (Å²) >= 11 is 0. The molecule has 0 spiro atoms. The molecule has 1 saturated heterocycles. The van der Waals surface area contributed by atoms with Gasteiger partial charge in [0, 0.05) is 31.1 Å². The van der Waals surface area contributed by atoms with E-state index in [1.165, 1.54) is 11.1 Å². The van der Waals surface area contributed by atoms with Crippen LogP contribution in [0.5, 0.6) is 0 Å². The Bertz CT molecular complexity index is 1110. The van der Waals surface area contributed by atoms with Gasteiger partial charge in [-0.05, 0) is 42.0 Å². The third kappa shape index (κ3) is 4.30. The Hall–Kier alpha value is -3.61. The van der Waals surface area contributed by atoms with Gasteiger partial charge < -0.3 is 20.1 Å². The van der Waals surface area contributed by atoms with Crippen molar-refractivity contribution in [1.29, 1.82) is 0 Å². The Morgan fingerprint density at radius 2 is 1.71 bits per heavy atom. The first-order valence-corrected chi connectivity index (χ1v) is 11.5. The first-order valence-electron chi connectivity index (χ1n) is 11.5. The molecule has 7 heteroatoms. The molecule has 4 rings (SSSR count). The number of rotatable bonds is 6. The van der Waals surface area contributed by atoms with Crippen molar-refractivity contribution in [3.8, 4) is 11.1 Å². The molecular formula is C27H30N2O5. The number of fused-ring (bicyclic) bond motifs is 3. The number of nitrogens with zero attached hydrogens (tertiary/aromatic N) is 1. The number of alkyl carbamates (subject to hydrolysis) is 1. The van der Waals surface area contributed by atoms with Gasteiger partial charge in [-0.1, -0.05) is 61.5 Å². The van der Waals surface area contributed by atoms with Crippen molar-refractivity contribution in [2.24, 2.45) is 11.3 Å². The van der Waals surface area contributed by atoms with Crippen molar-refractivity contribution < 1.29 is 24.2 Å². The molecule has 2 atom stereocenters. The summed E-state index contributed by atoms with van der Waals surface area (Å²) in [6.07, 6.45) is 1.08. The second kappa shape index (κ2) is 9.33. The van der Waals surface area contributed by atoms with Crippen LogP contribution in [-0.4, -0.2) is 54.2 Å². The maximum Gasteiger partial charge on any atom is 0.407 e. The first kappa shape index (κ1) is 23.5. The summed E-state index contributed by atoms with van der Waals surface area (Å²) in [6.45, 7) is 6.13. The van der Waals surface area contributed by atoms with Crippen molar-refractivity contribution >= 4 is 18.0 Å². The van der Waals surface area contributed by atoms with Gasteiger partial charge in [-0.3, -0.25) is 9.59 Å². The topological polar surface area (TPSA) is 95.9 Å².